The largest absolute Gasteiger partial charge is 0.478 e. The quantitative estimate of drug-likeness (QED) is 0.871. The Labute approximate surface area is 115 Å². The Morgan fingerprint density at radius 1 is 1.28 bits per heavy atom. The Balaban J connectivity index is 2.24. The lowest BCUT2D eigenvalue weighted by molar-refractivity contribution is -0.130. The highest BCUT2D eigenvalue weighted by molar-refractivity contribution is 9.10. The second-order valence-corrected chi connectivity index (χ2v) is 5.26. The van der Waals surface area contributed by atoms with Gasteiger partial charge in [0.15, 0.2) is 0 Å². The van der Waals surface area contributed by atoms with Crippen molar-refractivity contribution in [3.63, 3.8) is 0 Å². The number of carbonyl (C=O) groups is 1. The molecule has 2 rings (SSSR count). The molecule has 1 N–H and O–H groups in total. The Bertz CT molecular complexity index is 445. The third kappa shape index (κ3) is 3.43. The summed E-state index contributed by atoms with van der Waals surface area (Å²) in [5.74, 6) is -0.572. The number of allylic oxidation sites excluding steroid dienone is 1. The van der Waals surface area contributed by atoms with Crippen molar-refractivity contribution >= 4 is 27.5 Å². The molecule has 1 aromatic carbocycles. The number of carboxylic acids is 1. The van der Waals surface area contributed by atoms with Gasteiger partial charge >= 0.3 is 5.97 Å². The molecule has 4 heteroatoms. The van der Waals surface area contributed by atoms with Crippen molar-refractivity contribution < 1.29 is 14.6 Å². The summed E-state index contributed by atoms with van der Waals surface area (Å²) in [6, 6.07) is 7.36. The maximum atomic E-state index is 11.3. The number of hydrogen-bond acceptors (Lipinski definition) is 2. The van der Waals surface area contributed by atoms with Crippen LogP contribution in [0.25, 0.3) is 5.57 Å². The van der Waals surface area contributed by atoms with Gasteiger partial charge in [-0.25, -0.2) is 4.79 Å². The van der Waals surface area contributed by atoms with E-state index in [4.69, 9.17) is 4.74 Å². The number of hydrogen-bond donors (Lipinski definition) is 1. The highest BCUT2D eigenvalue weighted by Gasteiger charge is 2.16. The van der Waals surface area contributed by atoms with Gasteiger partial charge < -0.3 is 9.84 Å². The Morgan fingerprint density at radius 2 is 1.89 bits per heavy atom. The van der Waals surface area contributed by atoms with Crippen LogP contribution in [-0.4, -0.2) is 24.3 Å². The second kappa shape index (κ2) is 6.16. The first kappa shape index (κ1) is 13.3. The minimum Gasteiger partial charge on any atom is -0.478 e. The van der Waals surface area contributed by atoms with Crippen LogP contribution < -0.4 is 0 Å². The molecule has 1 saturated heterocycles. The first-order valence-electron chi connectivity index (χ1n) is 5.95. The van der Waals surface area contributed by atoms with Gasteiger partial charge in [0.1, 0.15) is 0 Å². The van der Waals surface area contributed by atoms with E-state index in [9.17, 15) is 9.90 Å². The molecule has 0 amide bonds. The molecule has 1 fully saturated rings. The van der Waals surface area contributed by atoms with E-state index < -0.39 is 5.97 Å². The van der Waals surface area contributed by atoms with Gasteiger partial charge in [0.2, 0.25) is 0 Å². The van der Waals surface area contributed by atoms with Crippen molar-refractivity contribution in [1.82, 2.24) is 0 Å². The van der Waals surface area contributed by atoms with E-state index in [1.165, 1.54) is 0 Å². The fraction of sp³-hybridized carbons (Fsp3) is 0.357. The zero-order chi connectivity index (χ0) is 13.0. The van der Waals surface area contributed by atoms with Crippen molar-refractivity contribution in [3.05, 3.63) is 40.4 Å². The maximum Gasteiger partial charge on any atom is 0.335 e. The van der Waals surface area contributed by atoms with E-state index >= 15 is 0 Å². The average Bonchev–Trinajstić information content (AvgIpc) is 2.38. The summed E-state index contributed by atoms with van der Waals surface area (Å²) in [5.41, 5.74) is 1.13. The van der Waals surface area contributed by atoms with Gasteiger partial charge in [-0.3, -0.25) is 0 Å². The summed E-state index contributed by atoms with van der Waals surface area (Å²) in [4.78, 5) is 11.3. The smallest absolute Gasteiger partial charge is 0.335 e. The van der Waals surface area contributed by atoms with Crippen molar-refractivity contribution in [1.29, 1.82) is 0 Å². The lowest BCUT2D eigenvalue weighted by Crippen LogP contribution is -2.15. The van der Waals surface area contributed by atoms with Crippen LogP contribution in [0, 0.1) is 5.92 Å². The van der Waals surface area contributed by atoms with Crippen molar-refractivity contribution in [2.75, 3.05) is 13.2 Å². The van der Waals surface area contributed by atoms with Crippen LogP contribution in [0.3, 0.4) is 0 Å². The first-order chi connectivity index (χ1) is 8.66. The van der Waals surface area contributed by atoms with Gasteiger partial charge in [-0.1, -0.05) is 34.1 Å². The standard InChI is InChI=1S/C14H15BrO3/c15-12-3-1-11(2-4-12)13(14(16)17)9-10-5-7-18-8-6-10/h1-4,9-10H,5-8H2,(H,16,17). The minimum absolute atomic E-state index is 0.300. The Hall–Kier alpha value is -1.13. The van der Waals surface area contributed by atoms with Crippen LogP contribution in [0.5, 0.6) is 0 Å². The average molecular weight is 311 g/mol. The molecule has 0 aliphatic carbocycles. The summed E-state index contributed by atoms with van der Waals surface area (Å²) in [6.07, 6.45) is 3.66. The van der Waals surface area contributed by atoms with Crippen LogP contribution in [0.15, 0.2) is 34.8 Å². The zero-order valence-electron chi connectivity index (χ0n) is 9.93. The fourth-order valence-electron chi connectivity index (χ4n) is 2.04. The third-order valence-electron chi connectivity index (χ3n) is 3.05. The molecule has 0 unspecified atom stereocenters. The number of ether oxygens (including phenoxy) is 1. The van der Waals surface area contributed by atoms with Crippen LogP contribution in [0.4, 0.5) is 0 Å². The summed E-state index contributed by atoms with van der Waals surface area (Å²) >= 11 is 3.35. The van der Waals surface area contributed by atoms with Gasteiger partial charge in [0.05, 0.1) is 5.57 Å². The SMILES string of the molecule is O=C(O)C(=CC1CCOCC1)c1ccc(Br)cc1. The van der Waals surface area contributed by atoms with Gasteiger partial charge in [0.25, 0.3) is 0 Å². The van der Waals surface area contributed by atoms with Crippen molar-refractivity contribution in [2.24, 2.45) is 5.92 Å². The topological polar surface area (TPSA) is 46.5 Å². The predicted octanol–water partition coefficient (Wildman–Crippen LogP) is 3.34. The highest BCUT2D eigenvalue weighted by atomic mass is 79.9. The number of rotatable bonds is 3. The van der Waals surface area contributed by atoms with Gasteiger partial charge in [-0.2, -0.15) is 0 Å². The Kier molecular flexibility index (Phi) is 4.55. The zero-order valence-corrected chi connectivity index (χ0v) is 11.5. The minimum atomic E-state index is -0.871. The number of benzene rings is 1. The molecule has 0 spiro atoms. The monoisotopic (exact) mass is 310 g/mol. The lowest BCUT2D eigenvalue weighted by atomic mass is 9.94. The van der Waals surface area contributed by atoms with Gasteiger partial charge in [-0.05, 0) is 36.5 Å². The van der Waals surface area contributed by atoms with Gasteiger partial charge in [0, 0.05) is 17.7 Å². The summed E-state index contributed by atoms with van der Waals surface area (Å²) in [5, 5.41) is 9.32. The van der Waals surface area contributed by atoms with Gasteiger partial charge in [-0.15, -0.1) is 0 Å². The number of aliphatic carboxylic acids is 1. The summed E-state index contributed by atoms with van der Waals surface area (Å²) < 4.78 is 6.23. The van der Waals surface area contributed by atoms with Crippen molar-refractivity contribution in [2.45, 2.75) is 12.8 Å². The van der Waals surface area contributed by atoms with E-state index in [0.29, 0.717) is 24.7 Å². The third-order valence-corrected chi connectivity index (χ3v) is 3.58. The molecule has 3 nitrogen and oxygen atoms in total. The van der Waals surface area contributed by atoms with Crippen LogP contribution in [0.2, 0.25) is 0 Å². The maximum absolute atomic E-state index is 11.3. The Morgan fingerprint density at radius 3 is 2.44 bits per heavy atom. The number of carboxylic acid groups (broad SMARTS) is 1. The first-order valence-corrected chi connectivity index (χ1v) is 6.75. The lowest BCUT2D eigenvalue weighted by Gasteiger charge is -2.19. The number of halogens is 1. The molecule has 96 valence electrons. The van der Waals surface area contributed by atoms with E-state index in [1.807, 2.05) is 30.3 Å². The molecule has 1 aliphatic heterocycles. The highest BCUT2D eigenvalue weighted by Crippen LogP contribution is 2.24. The molecular formula is C14H15BrO3. The van der Waals surface area contributed by atoms with E-state index in [2.05, 4.69) is 15.9 Å². The molecule has 1 aliphatic rings. The van der Waals surface area contributed by atoms with Crippen LogP contribution >= 0.6 is 15.9 Å². The van der Waals surface area contributed by atoms with Crippen LogP contribution in [0.1, 0.15) is 18.4 Å². The normalized spacial score (nSPS) is 17.7. The van der Waals surface area contributed by atoms with E-state index in [1.54, 1.807) is 0 Å². The molecule has 18 heavy (non-hydrogen) atoms. The molecule has 0 atom stereocenters. The second-order valence-electron chi connectivity index (χ2n) is 4.34. The molecular weight excluding hydrogens is 296 g/mol. The summed E-state index contributed by atoms with van der Waals surface area (Å²) in [6.45, 7) is 1.43. The van der Waals surface area contributed by atoms with Crippen molar-refractivity contribution in [3.8, 4) is 0 Å². The fourth-order valence-corrected chi connectivity index (χ4v) is 2.30. The molecule has 0 bridgehead atoms. The molecule has 0 radical (unpaired) electrons. The predicted molar refractivity (Wildman–Crippen MR) is 73.3 cm³/mol. The molecule has 1 aromatic rings. The molecule has 0 aromatic heterocycles. The van der Waals surface area contributed by atoms with E-state index in [0.717, 1.165) is 22.9 Å². The van der Waals surface area contributed by atoms with Crippen LogP contribution in [-0.2, 0) is 9.53 Å². The summed E-state index contributed by atoms with van der Waals surface area (Å²) in [7, 11) is 0. The molecule has 0 saturated carbocycles. The van der Waals surface area contributed by atoms with E-state index in [-0.39, 0.29) is 0 Å². The molecule has 1 heterocycles.